The van der Waals surface area contributed by atoms with Crippen LogP contribution in [0.25, 0.3) is 21.9 Å². The molecule has 11 heteroatoms. The molecule has 3 fully saturated rings. The van der Waals surface area contributed by atoms with Gasteiger partial charge in [0.05, 0.1) is 26.4 Å². The summed E-state index contributed by atoms with van der Waals surface area (Å²) < 4.78 is 25.0. The Labute approximate surface area is 283 Å². The first-order chi connectivity index (χ1) is 23.9. The number of rotatable bonds is 12. The van der Waals surface area contributed by atoms with Gasteiger partial charge in [0.2, 0.25) is 0 Å². The Morgan fingerprint density at radius 2 is 1.80 bits per heavy atom. The Morgan fingerprint density at radius 3 is 2.61 bits per heavy atom. The summed E-state index contributed by atoms with van der Waals surface area (Å²) in [4.78, 5) is 24.1. The summed E-state index contributed by atoms with van der Waals surface area (Å²) in [6, 6.07) is 26.0. The molecule has 1 aliphatic carbocycles. The van der Waals surface area contributed by atoms with Gasteiger partial charge >= 0.3 is 0 Å². The predicted molar refractivity (Wildman–Crippen MR) is 190 cm³/mol. The van der Waals surface area contributed by atoms with E-state index < -0.39 is 0 Å². The molecule has 0 amide bonds. The first kappa shape index (κ1) is 30.6. The molecule has 0 unspecified atom stereocenters. The van der Waals surface area contributed by atoms with Gasteiger partial charge in [0.1, 0.15) is 28.6 Å². The van der Waals surface area contributed by atoms with Crippen molar-refractivity contribution in [1.29, 1.82) is 0 Å². The number of benzene rings is 3. The normalized spacial score (nSPS) is 19.5. The highest BCUT2D eigenvalue weighted by Crippen LogP contribution is 2.60. The van der Waals surface area contributed by atoms with Crippen LogP contribution in [-0.2, 0) is 13.6 Å². The van der Waals surface area contributed by atoms with Crippen LogP contribution in [0, 0.1) is 5.41 Å². The maximum atomic E-state index is 12.2. The lowest BCUT2D eigenvalue weighted by molar-refractivity contribution is 0.0623. The number of aromatic nitrogens is 3. The lowest BCUT2D eigenvalue weighted by atomic mass is 9.62. The van der Waals surface area contributed by atoms with Crippen LogP contribution in [0.4, 0.5) is 17.5 Å². The molecule has 1 saturated carbocycles. The van der Waals surface area contributed by atoms with Crippen molar-refractivity contribution in [3.05, 3.63) is 107 Å². The zero-order chi connectivity index (χ0) is 33.6. The lowest BCUT2D eigenvalue weighted by Gasteiger charge is -2.47. The Bertz CT molecular complexity index is 2190. The Balaban J connectivity index is 1.04. The van der Waals surface area contributed by atoms with Crippen LogP contribution in [0.1, 0.15) is 18.4 Å². The van der Waals surface area contributed by atoms with Crippen LogP contribution in [0.5, 0.6) is 17.2 Å². The molecule has 3 aromatic carbocycles. The van der Waals surface area contributed by atoms with E-state index in [1.165, 1.54) is 4.57 Å². The number of anilines is 3. The van der Waals surface area contributed by atoms with Crippen molar-refractivity contribution in [3.63, 3.8) is 0 Å². The van der Waals surface area contributed by atoms with Crippen molar-refractivity contribution in [1.82, 2.24) is 14.5 Å². The summed E-state index contributed by atoms with van der Waals surface area (Å²) in [6.07, 6.45) is 5.38. The molecule has 250 valence electrons. The minimum atomic E-state index is -0.224. The van der Waals surface area contributed by atoms with Gasteiger partial charge in [-0.15, -0.1) is 0 Å². The molecule has 0 atom stereocenters. The molecule has 49 heavy (non-hydrogen) atoms. The van der Waals surface area contributed by atoms with Crippen LogP contribution in [-0.4, -0.2) is 54.0 Å². The van der Waals surface area contributed by atoms with Crippen LogP contribution in [0.15, 0.2) is 100 Å². The van der Waals surface area contributed by atoms with Gasteiger partial charge in [0.15, 0.2) is 5.58 Å². The van der Waals surface area contributed by atoms with Gasteiger partial charge in [-0.05, 0) is 55.3 Å². The van der Waals surface area contributed by atoms with E-state index in [0.717, 1.165) is 69.8 Å². The van der Waals surface area contributed by atoms with E-state index >= 15 is 0 Å². The van der Waals surface area contributed by atoms with Gasteiger partial charge in [-0.25, -0.2) is 4.98 Å². The SMILES string of the molecule is COc1ccc(CNc2nccc3c(NCC45CC(COc6ccn(C)c(=O)c6)(CN4c4nc6ccccc6o4)C5)cccc23)c(OC)c1. The smallest absolute Gasteiger partial charge is 0.298 e. The number of hydrogen-bond donors (Lipinski definition) is 2. The van der Waals surface area contributed by atoms with E-state index in [9.17, 15) is 4.79 Å². The number of pyridine rings is 2. The predicted octanol–water partition coefficient (Wildman–Crippen LogP) is 6.23. The van der Waals surface area contributed by atoms with Crippen LogP contribution >= 0.6 is 0 Å². The van der Waals surface area contributed by atoms with Crippen LogP contribution in [0.2, 0.25) is 0 Å². The van der Waals surface area contributed by atoms with Gasteiger partial charge in [-0.2, -0.15) is 4.98 Å². The number of hydrogen-bond acceptors (Lipinski definition) is 10. The average molecular weight is 659 g/mol. The summed E-state index contributed by atoms with van der Waals surface area (Å²) in [5.74, 6) is 2.88. The highest BCUT2D eigenvalue weighted by atomic mass is 16.5. The van der Waals surface area contributed by atoms with Gasteiger partial charge in [-0.1, -0.05) is 24.3 Å². The van der Waals surface area contributed by atoms with Crippen molar-refractivity contribution in [2.24, 2.45) is 12.5 Å². The standard InChI is InChI=1S/C38H38N6O5/c1-43-16-14-27(18-34(43)45)48-24-37-20-38(21-37,44(23-37)36-42-31-8-4-5-10-32(31)49-36)22-41-30-9-6-7-29-28(30)13-15-39-35(29)40-19-25-11-12-26(46-2)17-33(25)47-3/h4-18,41H,19-24H2,1-3H3,(H,39,40). The quantitative estimate of drug-likeness (QED) is 0.157. The first-order valence-electron chi connectivity index (χ1n) is 16.4. The summed E-state index contributed by atoms with van der Waals surface area (Å²) in [6.45, 7) is 2.48. The molecule has 2 bridgehead atoms. The number of nitrogens with zero attached hydrogens (tertiary/aromatic N) is 4. The molecule has 6 aromatic rings. The van der Waals surface area contributed by atoms with Crippen molar-refractivity contribution < 1.29 is 18.6 Å². The molecule has 0 spiro atoms. The number of methoxy groups -OCH3 is 2. The van der Waals surface area contributed by atoms with Crippen molar-refractivity contribution in [3.8, 4) is 17.2 Å². The molecule has 2 N–H and O–H groups in total. The minimum absolute atomic E-state index is 0.0916. The highest BCUT2D eigenvalue weighted by molar-refractivity contribution is 6.00. The third-order valence-electron chi connectivity index (χ3n) is 9.96. The highest BCUT2D eigenvalue weighted by Gasteiger charge is 2.66. The number of aryl methyl sites for hydroxylation is 1. The molecule has 11 nitrogen and oxygen atoms in total. The lowest BCUT2D eigenvalue weighted by Crippen LogP contribution is -2.55. The second-order valence-electron chi connectivity index (χ2n) is 13.2. The average Bonchev–Trinajstić information content (AvgIpc) is 3.79. The molecule has 0 radical (unpaired) electrons. The molecule has 3 aromatic heterocycles. The summed E-state index contributed by atoms with van der Waals surface area (Å²) in [7, 11) is 5.04. The van der Waals surface area contributed by atoms with E-state index in [4.69, 9.17) is 23.6 Å². The maximum absolute atomic E-state index is 12.2. The molecular formula is C38H38N6O5. The third kappa shape index (κ3) is 5.54. The van der Waals surface area contributed by atoms with E-state index in [0.29, 0.717) is 31.5 Å². The molecule has 5 heterocycles. The Morgan fingerprint density at radius 1 is 0.918 bits per heavy atom. The second kappa shape index (κ2) is 12.1. The number of fused-ring (bicyclic) bond motifs is 3. The maximum Gasteiger partial charge on any atom is 0.298 e. The van der Waals surface area contributed by atoms with E-state index in [1.807, 2.05) is 60.8 Å². The fraction of sp³-hybridized carbons (Fsp3) is 0.289. The minimum Gasteiger partial charge on any atom is -0.497 e. The summed E-state index contributed by atoms with van der Waals surface area (Å²) in [5.41, 5.74) is 3.23. The van der Waals surface area contributed by atoms with Crippen molar-refractivity contribution in [2.45, 2.75) is 24.9 Å². The van der Waals surface area contributed by atoms with E-state index in [1.54, 1.807) is 33.5 Å². The Hall–Kier alpha value is -5.71. The van der Waals surface area contributed by atoms with Gasteiger partial charge in [0, 0.05) is 78.6 Å². The van der Waals surface area contributed by atoms with E-state index in [-0.39, 0.29) is 16.5 Å². The van der Waals surface area contributed by atoms with Crippen LogP contribution in [0.3, 0.4) is 0 Å². The third-order valence-corrected chi connectivity index (χ3v) is 9.96. The largest absolute Gasteiger partial charge is 0.497 e. The molecule has 3 aliphatic rings. The second-order valence-corrected chi connectivity index (χ2v) is 13.2. The molecule has 2 aliphatic heterocycles. The zero-order valence-electron chi connectivity index (χ0n) is 27.7. The first-order valence-corrected chi connectivity index (χ1v) is 16.4. The van der Waals surface area contributed by atoms with Gasteiger partial charge < -0.3 is 38.7 Å². The van der Waals surface area contributed by atoms with Crippen LogP contribution < -0.4 is 35.3 Å². The summed E-state index contributed by atoms with van der Waals surface area (Å²) >= 11 is 0. The van der Waals surface area contributed by atoms with Gasteiger partial charge in [-0.3, -0.25) is 4.79 Å². The van der Waals surface area contributed by atoms with Gasteiger partial charge in [0.25, 0.3) is 11.6 Å². The summed E-state index contributed by atoms with van der Waals surface area (Å²) in [5, 5.41) is 9.40. The monoisotopic (exact) mass is 658 g/mol. The number of nitrogens with one attached hydrogen (secondary N) is 2. The topological polar surface area (TPSA) is 116 Å². The number of para-hydroxylation sites is 2. The fourth-order valence-corrected chi connectivity index (χ4v) is 7.56. The number of oxazole rings is 1. The number of ether oxygens (including phenoxy) is 3. The Kier molecular flexibility index (Phi) is 7.54. The van der Waals surface area contributed by atoms with Crippen molar-refractivity contribution >= 4 is 39.4 Å². The fourth-order valence-electron chi connectivity index (χ4n) is 7.56. The molecule has 2 saturated heterocycles. The molecule has 9 rings (SSSR count). The molecular weight excluding hydrogens is 620 g/mol. The zero-order valence-corrected chi connectivity index (χ0v) is 27.7. The van der Waals surface area contributed by atoms with Crippen molar-refractivity contribution in [2.75, 3.05) is 49.4 Å². The van der Waals surface area contributed by atoms with E-state index in [2.05, 4.69) is 38.7 Å².